The van der Waals surface area contributed by atoms with Crippen LogP contribution >= 0.6 is 0 Å². The minimum absolute atomic E-state index is 0.192. The van der Waals surface area contributed by atoms with Crippen LogP contribution in [0.2, 0.25) is 0 Å². The maximum Gasteiger partial charge on any atom is 0.415 e. The quantitative estimate of drug-likeness (QED) is 0.914. The second-order valence-corrected chi connectivity index (χ2v) is 5.48. The van der Waals surface area contributed by atoms with Crippen LogP contribution in [0.4, 0.5) is 13.2 Å². The molecule has 0 spiro atoms. The molecule has 23 heavy (non-hydrogen) atoms. The van der Waals surface area contributed by atoms with Crippen LogP contribution in [-0.2, 0) is 0 Å². The zero-order valence-electron chi connectivity index (χ0n) is 13.0. The Morgan fingerprint density at radius 1 is 1.22 bits per heavy atom. The van der Waals surface area contributed by atoms with Crippen molar-refractivity contribution in [2.45, 2.75) is 32.2 Å². The van der Waals surface area contributed by atoms with E-state index in [1.807, 2.05) is 31.2 Å². The van der Waals surface area contributed by atoms with E-state index in [1.165, 1.54) is 11.9 Å². The third kappa shape index (κ3) is 4.29. The maximum atomic E-state index is 12.4. The van der Waals surface area contributed by atoms with Gasteiger partial charge in [0.1, 0.15) is 0 Å². The molecule has 2 rings (SSSR count). The van der Waals surface area contributed by atoms with E-state index in [9.17, 15) is 13.2 Å². The molecule has 0 saturated heterocycles. The number of likely N-dealkylation sites (N-methyl/N-ethyl adjacent to an activating group) is 1. The average molecular weight is 329 g/mol. The highest BCUT2D eigenvalue weighted by atomic mass is 19.4. The lowest BCUT2D eigenvalue weighted by molar-refractivity contribution is -0.208. The van der Waals surface area contributed by atoms with Crippen molar-refractivity contribution in [3.63, 3.8) is 0 Å². The Hall–Kier alpha value is -1.93. The van der Waals surface area contributed by atoms with Crippen LogP contribution in [0.5, 0.6) is 0 Å². The Morgan fingerprint density at radius 2 is 1.83 bits per heavy atom. The second-order valence-electron chi connectivity index (χ2n) is 5.48. The molecule has 0 aliphatic rings. The predicted octanol–water partition coefficient (Wildman–Crippen LogP) is 2.96. The zero-order chi connectivity index (χ0) is 17.2. The van der Waals surface area contributed by atoms with Crippen molar-refractivity contribution in [2.24, 2.45) is 0 Å². The highest BCUT2D eigenvalue weighted by molar-refractivity contribution is 5.52. The molecule has 1 aromatic heterocycles. The van der Waals surface area contributed by atoms with Gasteiger partial charge in [0.2, 0.25) is 11.8 Å². The summed E-state index contributed by atoms with van der Waals surface area (Å²) in [5.41, 5.74) is 1.82. The van der Waals surface area contributed by atoms with E-state index in [2.05, 4.69) is 10.2 Å². The number of hydrogen-bond acceptors (Lipinski definition) is 5. The number of nitrogens with zero attached hydrogens (tertiary/aromatic N) is 3. The molecule has 0 saturated carbocycles. The minimum Gasteiger partial charge on any atom is -0.419 e. The molecule has 126 valence electrons. The highest BCUT2D eigenvalue weighted by Crippen LogP contribution is 2.26. The lowest BCUT2D eigenvalue weighted by Gasteiger charge is -2.25. The molecule has 0 fully saturated rings. The number of halogens is 3. The number of alkyl halides is 3. The molecule has 2 aromatic rings. The molecule has 0 aliphatic carbocycles. The van der Waals surface area contributed by atoms with Crippen molar-refractivity contribution in [3.8, 4) is 11.5 Å². The van der Waals surface area contributed by atoms with Crippen LogP contribution in [0.25, 0.3) is 11.5 Å². The summed E-state index contributed by atoms with van der Waals surface area (Å²) < 4.78 is 42.7. The summed E-state index contributed by atoms with van der Waals surface area (Å²) in [4.78, 5) is 1.31. The number of benzene rings is 1. The van der Waals surface area contributed by atoms with Crippen molar-refractivity contribution in [1.82, 2.24) is 15.1 Å². The number of hydrogen-bond donors (Lipinski definition) is 1. The van der Waals surface area contributed by atoms with E-state index in [0.717, 1.165) is 11.1 Å². The first-order valence-corrected chi connectivity index (χ1v) is 7.04. The van der Waals surface area contributed by atoms with Gasteiger partial charge in [0, 0.05) is 12.1 Å². The zero-order valence-corrected chi connectivity index (χ0v) is 13.0. The molecule has 1 N–H and O–H groups in total. The first kappa shape index (κ1) is 17.4. The van der Waals surface area contributed by atoms with Gasteiger partial charge in [0.15, 0.2) is 6.10 Å². The van der Waals surface area contributed by atoms with E-state index in [1.54, 1.807) is 6.92 Å². The van der Waals surface area contributed by atoms with E-state index in [4.69, 9.17) is 9.52 Å². The lowest BCUT2D eigenvalue weighted by Crippen LogP contribution is -2.40. The number of aryl methyl sites for hydroxylation is 1. The molecule has 0 radical (unpaired) electrons. The molecular weight excluding hydrogens is 311 g/mol. The molecule has 5 nitrogen and oxygen atoms in total. The SMILES string of the molecule is Cc1ccc(-c2nnc(C(C)N(C)CC(O)C(F)(F)F)o2)cc1. The summed E-state index contributed by atoms with van der Waals surface area (Å²) in [5, 5.41) is 16.9. The van der Waals surface area contributed by atoms with Crippen LogP contribution in [0.3, 0.4) is 0 Å². The van der Waals surface area contributed by atoms with Crippen LogP contribution in [0.1, 0.15) is 24.4 Å². The number of rotatable bonds is 5. The number of aliphatic hydroxyl groups excluding tert-OH is 1. The van der Waals surface area contributed by atoms with Gasteiger partial charge in [-0.25, -0.2) is 0 Å². The molecule has 2 unspecified atom stereocenters. The fraction of sp³-hybridized carbons (Fsp3) is 0.467. The smallest absolute Gasteiger partial charge is 0.415 e. The third-order valence-electron chi connectivity index (χ3n) is 3.60. The maximum absolute atomic E-state index is 12.4. The normalized spacial score (nSPS) is 15.0. The van der Waals surface area contributed by atoms with Gasteiger partial charge in [-0.15, -0.1) is 10.2 Å². The van der Waals surface area contributed by atoms with Gasteiger partial charge in [-0.1, -0.05) is 17.7 Å². The van der Waals surface area contributed by atoms with Gasteiger partial charge >= 0.3 is 6.18 Å². The monoisotopic (exact) mass is 329 g/mol. The predicted molar refractivity (Wildman–Crippen MR) is 77.6 cm³/mol. The molecule has 1 aromatic carbocycles. The van der Waals surface area contributed by atoms with E-state index >= 15 is 0 Å². The van der Waals surface area contributed by atoms with Crippen LogP contribution < -0.4 is 0 Å². The van der Waals surface area contributed by atoms with Crippen molar-refractivity contribution >= 4 is 0 Å². The van der Waals surface area contributed by atoms with Crippen molar-refractivity contribution in [3.05, 3.63) is 35.7 Å². The number of aromatic nitrogens is 2. The van der Waals surface area contributed by atoms with Crippen molar-refractivity contribution in [2.75, 3.05) is 13.6 Å². The van der Waals surface area contributed by atoms with Gasteiger partial charge in [0.25, 0.3) is 0 Å². The first-order chi connectivity index (χ1) is 10.7. The van der Waals surface area contributed by atoms with Crippen LogP contribution in [-0.4, -0.2) is 46.1 Å². The van der Waals surface area contributed by atoms with Crippen molar-refractivity contribution in [1.29, 1.82) is 0 Å². The summed E-state index contributed by atoms with van der Waals surface area (Å²) >= 11 is 0. The lowest BCUT2D eigenvalue weighted by atomic mass is 10.1. The Morgan fingerprint density at radius 3 is 2.39 bits per heavy atom. The van der Waals surface area contributed by atoms with Crippen LogP contribution in [0.15, 0.2) is 28.7 Å². The third-order valence-corrected chi connectivity index (χ3v) is 3.60. The second kappa shape index (κ2) is 6.67. The Bertz CT molecular complexity index is 640. The topological polar surface area (TPSA) is 62.4 Å². The Labute approximate surface area is 131 Å². The number of aliphatic hydroxyl groups is 1. The van der Waals surface area contributed by atoms with Gasteiger partial charge in [-0.2, -0.15) is 13.2 Å². The minimum atomic E-state index is -4.66. The fourth-order valence-corrected chi connectivity index (χ4v) is 1.94. The Kier molecular flexibility index (Phi) is 5.06. The fourth-order valence-electron chi connectivity index (χ4n) is 1.94. The molecule has 0 amide bonds. The van der Waals surface area contributed by atoms with E-state index in [0.29, 0.717) is 5.89 Å². The van der Waals surface area contributed by atoms with E-state index in [-0.39, 0.29) is 5.89 Å². The standard InChI is InChI=1S/C15H18F3N3O2/c1-9-4-6-11(7-5-9)14-20-19-13(23-14)10(2)21(3)8-12(22)15(16,17)18/h4-7,10,12,22H,8H2,1-3H3. The largest absolute Gasteiger partial charge is 0.419 e. The summed E-state index contributed by atoms with van der Waals surface area (Å²) in [6.45, 7) is 3.01. The summed E-state index contributed by atoms with van der Waals surface area (Å²) in [7, 11) is 1.45. The Balaban J connectivity index is 2.08. The molecule has 2 atom stereocenters. The highest BCUT2D eigenvalue weighted by Gasteiger charge is 2.39. The molecule has 8 heteroatoms. The van der Waals surface area contributed by atoms with Crippen LogP contribution in [0, 0.1) is 6.92 Å². The molecule has 0 bridgehead atoms. The first-order valence-electron chi connectivity index (χ1n) is 7.04. The molecule has 0 aliphatic heterocycles. The summed E-state index contributed by atoms with van der Waals surface area (Å²) in [6.07, 6.45) is -7.08. The van der Waals surface area contributed by atoms with Gasteiger partial charge in [0.05, 0.1) is 6.04 Å². The van der Waals surface area contributed by atoms with Gasteiger partial charge in [-0.3, -0.25) is 4.90 Å². The summed E-state index contributed by atoms with van der Waals surface area (Å²) in [5.74, 6) is 0.495. The molecular formula is C15H18F3N3O2. The van der Waals surface area contributed by atoms with Crippen molar-refractivity contribution < 1.29 is 22.7 Å². The van der Waals surface area contributed by atoms with Gasteiger partial charge in [-0.05, 0) is 33.0 Å². The molecule has 1 heterocycles. The van der Waals surface area contributed by atoms with Gasteiger partial charge < -0.3 is 9.52 Å². The summed E-state index contributed by atoms with van der Waals surface area (Å²) in [6, 6.07) is 6.89. The van der Waals surface area contributed by atoms with E-state index < -0.39 is 24.9 Å². The average Bonchev–Trinajstić information content (AvgIpc) is 2.95.